The number of anilines is 2. The lowest BCUT2D eigenvalue weighted by atomic mass is 10.1. The van der Waals surface area contributed by atoms with E-state index in [4.69, 9.17) is 16.7 Å². The van der Waals surface area contributed by atoms with E-state index in [1.807, 2.05) is 13.8 Å². The fourth-order valence-electron chi connectivity index (χ4n) is 1.77. The maximum atomic E-state index is 13.7. The van der Waals surface area contributed by atoms with Crippen LogP contribution in [-0.2, 0) is 0 Å². The van der Waals surface area contributed by atoms with Crippen molar-refractivity contribution < 1.29 is 14.3 Å². The summed E-state index contributed by atoms with van der Waals surface area (Å²) in [6.07, 6.45) is 0. The quantitative estimate of drug-likeness (QED) is 0.876. The molecule has 0 fully saturated rings. The smallest absolute Gasteiger partial charge is 0.335 e. The molecule has 4 nitrogen and oxygen atoms in total. The minimum atomic E-state index is -1.06. The number of nitrogens with one attached hydrogen (secondary N) is 1. The first-order valence-electron chi connectivity index (χ1n) is 6.34. The summed E-state index contributed by atoms with van der Waals surface area (Å²) in [6, 6.07) is 6.94. The van der Waals surface area contributed by atoms with Gasteiger partial charge in [0.2, 0.25) is 0 Å². The van der Waals surface area contributed by atoms with Gasteiger partial charge in [0, 0.05) is 10.7 Å². The molecule has 0 amide bonds. The summed E-state index contributed by atoms with van der Waals surface area (Å²) in [4.78, 5) is 15.4. The number of aromatic carboxylic acids is 1. The Bertz CT molecular complexity index is 689. The Morgan fingerprint density at radius 2 is 2.05 bits per heavy atom. The number of aromatic nitrogens is 1. The lowest BCUT2D eigenvalue weighted by Crippen LogP contribution is -2.05. The van der Waals surface area contributed by atoms with Crippen LogP contribution in [0.1, 0.15) is 35.8 Å². The van der Waals surface area contributed by atoms with Gasteiger partial charge >= 0.3 is 5.97 Å². The van der Waals surface area contributed by atoms with Crippen LogP contribution in [0.25, 0.3) is 0 Å². The van der Waals surface area contributed by atoms with Crippen LogP contribution in [-0.4, -0.2) is 16.1 Å². The van der Waals surface area contributed by atoms with E-state index >= 15 is 0 Å². The van der Waals surface area contributed by atoms with Crippen molar-refractivity contribution in [1.82, 2.24) is 4.98 Å². The lowest BCUT2D eigenvalue weighted by Gasteiger charge is -2.12. The van der Waals surface area contributed by atoms with Crippen molar-refractivity contribution in [3.8, 4) is 0 Å². The summed E-state index contributed by atoms with van der Waals surface area (Å²) < 4.78 is 13.7. The predicted molar refractivity (Wildman–Crippen MR) is 80.0 cm³/mol. The van der Waals surface area contributed by atoms with Crippen LogP contribution in [0.15, 0.2) is 30.3 Å². The van der Waals surface area contributed by atoms with Crippen LogP contribution in [0.2, 0.25) is 5.02 Å². The molecule has 0 aliphatic rings. The summed E-state index contributed by atoms with van der Waals surface area (Å²) >= 11 is 5.83. The molecule has 110 valence electrons. The largest absolute Gasteiger partial charge is 0.478 e. The summed E-state index contributed by atoms with van der Waals surface area (Å²) in [5, 5.41) is 12.3. The van der Waals surface area contributed by atoms with Gasteiger partial charge in [0.1, 0.15) is 11.6 Å². The third-order valence-electron chi connectivity index (χ3n) is 2.87. The molecule has 1 aromatic carbocycles. The number of hydrogen-bond acceptors (Lipinski definition) is 3. The van der Waals surface area contributed by atoms with Crippen molar-refractivity contribution >= 4 is 29.1 Å². The number of rotatable bonds is 4. The highest BCUT2D eigenvalue weighted by molar-refractivity contribution is 6.30. The molecule has 0 spiro atoms. The Balaban J connectivity index is 2.43. The van der Waals surface area contributed by atoms with Gasteiger partial charge in [-0.2, -0.15) is 0 Å². The molecule has 0 radical (unpaired) electrons. The summed E-state index contributed by atoms with van der Waals surface area (Å²) in [7, 11) is 0. The number of carboxylic acids is 1. The molecular weight excluding hydrogens is 295 g/mol. The average molecular weight is 309 g/mol. The number of nitrogens with zero attached hydrogens (tertiary/aromatic N) is 1. The minimum absolute atomic E-state index is 0.0501. The van der Waals surface area contributed by atoms with Crippen LogP contribution >= 0.6 is 11.6 Å². The second kappa shape index (κ2) is 6.10. The fourth-order valence-corrected chi connectivity index (χ4v) is 1.94. The van der Waals surface area contributed by atoms with Gasteiger partial charge in [0.05, 0.1) is 11.3 Å². The summed E-state index contributed by atoms with van der Waals surface area (Å²) in [6.45, 7) is 3.80. The highest BCUT2D eigenvalue weighted by Gasteiger charge is 2.12. The van der Waals surface area contributed by atoms with Gasteiger partial charge in [-0.25, -0.2) is 14.2 Å². The SMILES string of the molecule is CC(C)c1cc(C(=O)O)cc(Nc2cc(Cl)ccc2F)n1. The summed E-state index contributed by atoms with van der Waals surface area (Å²) in [5.74, 6) is -1.24. The predicted octanol–water partition coefficient (Wildman–Crippen LogP) is 4.44. The van der Waals surface area contributed by atoms with Crippen molar-refractivity contribution in [2.75, 3.05) is 5.32 Å². The Hall–Kier alpha value is -2.14. The average Bonchev–Trinajstić information content (AvgIpc) is 2.42. The van der Waals surface area contributed by atoms with E-state index in [0.29, 0.717) is 10.7 Å². The molecule has 6 heteroatoms. The Labute approximate surface area is 126 Å². The normalized spacial score (nSPS) is 10.7. The molecule has 0 atom stereocenters. The molecular formula is C15H14ClFN2O2. The van der Waals surface area contributed by atoms with Crippen LogP contribution in [0.5, 0.6) is 0 Å². The van der Waals surface area contributed by atoms with Gasteiger partial charge in [0.15, 0.2) is 0 Å². The maximum absolute atomic E-state index is 13.7. The van der Waals surface area contributed by atoms with Crippen molar-refractivity contribution in [3.05, 3.63) is 52.4 Å². The van der Waals surface area contributed by atoms with Crippen LogP contribution in [0, 0.1) is 5.82 Å². The molecule has 0 aliphatic carbocycles. The van der Waals surface area contributed by atoms with E-state index in [-0.39, 0.29) is 23.0 Å². The third kappa shape index (κ3) is 3.70. The molecule has 21 heavy (non-hydrogen) atoms. The highest BCUT2D eigenvalue weighted by atomic mass is 35.5. The maximum Gasteiger partial charge on any atom is 0.335 e. The van der Waals surface area contributed by atoms with Crippen molar-refractivity contribution in [2.45, 2.75) is 19.8 Å². The molecule has 0 bridgehead atoms. The van der Waals surface area contributed by atoms with Crippen LogP contribution in [0.4, 0.5) is 15.9 Å². The number of halogens is 2. The zero-order valence-corrected chi connectivity index (χ0v) is 12.3. The van der Waals surface area contributed by atoms with E-state index in [9.17, 15) is 9.18 Å². The molecule has 0 unspecified atom stereocenters. The van der Waals surface area contributed by atoms with Crippen molar-refractivity contribution in [1.29, 1.82) is 0 Å². The van der Waals surface area contributed by atoms with Gasteiger partial charge in [-0.05, 0) is 36.2 Å². The standard InChI is InChI=1S/C15H14ClFN2O2/c1-8(2)12-5-9(15(20)21)6-14(18-12)19-13-7-10(16)3-4-11(13)17/h3-8H,1-2H3,(H,18,19)(H,20,21). The number of benzene rings is 1. The van der Waals surface area contributed by atoms with E-state index < -0.39 is 11.8 Å². The Kier molecular flexibility index (Phi) is 4.43. The molecule has 2 N–H and O–H groups in total. The molecule has 1 heterocycles. The van der Waals surface area contributed by atoms with Gasteiger partial charge in [-0.1, -0.05) is 25.4 Å². The Morgan fingerprint density at radius 3 is 2.67 bits per heavy atom. The van der Waals surface area contributed by atoms with Gasteiger partial charge in [0.25, 0.3) is 0 Å². The van der Waals surface area contributed by atoms with E-state index in [0.717, 1.165) is 0 Å². The van der Waals surface area contributed by atoms with Gasteiger partial charge < -0.3 is 10.4 Å². The fraction of sp³-hybridized carbons (Fsp3) is 0.200. The second-order valence-electron chi connectivity index (χ2n) is 4.87. The number of pyridine rings is 1. The monoisotopic (exact) mass is 308 g/mol. The first-order chi connectivity index (χ1) is 9.86. The van der Waals surface area contributed by atoms with E-state index in [1.165, 1.54) is 30.3 Å². The van der Waals surface area contributed by atoms with E-state index in [1.54, 1.807) is 0 Å². The topological polar surface area (TPSA) is 62.2 Å². The zero-order valence-electron chi connectivity index (χ0n) is 11.5. The molecule has 0 saturated heterocycles. The molecule has 1 aromatic heterocycles. The molecule has 2 rings (SSSR count). The van der Waals surface area contributed by atoms with Gasteiger partial charge in [-0.15, -0.1) is 0 Å². The Morgan fingerprint density at radius 1 is 1.33 bits per heavy atom. The molecule has 0 saturated carbocycles. The molecule has 0 aliphatic heterocycles. The highest BCUT2D eigenvalue weighted by Crippen LogP contribution is 2.25. The second-order valence-corrected chi connectivity index (χ2v) is 5.31. The van der Waals surface area contributed by atoms with Crippen molar-refractivity contribution in [3.63, 3.8) is 0 Å². The van der Waals surface area contributed by atoms with E-state index in [2.05, 4.69) is 10.3 Å². The van der Waals surface area contributed by atoms with Crippen LogP contribution in [0.3, 0.4) is 0 Å². The molecule has 2 aromatic rings. The van der Waals surface area contributed by atoms with Gasteiger partial charge in [-0.3, -0.25) is 0 Å². The first-order valence-corrected chi connectivity index (χ1v) is 6.72. The lowest BCUT2D eigenvalue weighted by molar-refractivity contribution is 0.0696. The number of carbonyl (C=O) groups is 1. The van der Waals surface area contributed by atoms with Crippen molar-refractivity contribution in [2.24, 2.45) is 0 Å². The minimum Gasteiger partial charge on any atom is -0.478 e. The van der Waals surface area contributed by atoms with Crippen LogP contribution < -0.4 is 5.32 Å². The number of hydrogen-bond donors (Lipinski definition) is 2. The zero-order chi connectivity index (χ0) is 15.6. The summed E-state index contributed by atoms with van der Waals surface area (Å²) in [5.41, 5.74) is 0.853. The first kappa shape index (κ1) is 15.3. The third-order valence-corrected chi connectivity index (χ3v) is 3.11. The number of carboxylic acid groups (broad SMARTS) is 1.